The number of amides is 2. The van der Waals surface area contributed by atoms with E-state index in [-0.39, 0.29) is 11.9 Å². The second kappa shape index (κ2) is 10.9. The Bertz CT molecular complexity index is 1120. The Morgan fingerprint density at radius 1 is 0.912 bits per heavy atom. The highest BCUT2D eigenvalue weighted by Crippen LogP contribution is 2.28. The zero-order chi connectivity index (χ0) is 23.9. The molecule has 0 saturated carbocycles. The van der Waals surface area contributed by atoms with Crippen molar-refractivity contribution in [2.45, 2.75) is 26.3 Å². The van der Waals surface area contributed by atoms with Crippen LogP contribution < -0.4 is 20.4 Å². The fourth-order valence-corrected chi connectivity index (χ4v) is 4.56. The number of anilines is 3. The second-order valence-electron chi connectivity index (χ2n) is 8.56. The largest absolute Gasteiger partial charge is 0.368 e. The van der Waals surface area contributed by atoms with Gasteiger partial charge >= 0.3 is 0 Å². The fourth-order valence-electron chi connectivity index (χ4n) is 4.56. The highest BCUT2D eigenvalue weighted by Gasteiger charge is 2.24. The fraction of sp³-hybridized carbons (Fsp3) is 0.286. The summed E-state index contributed by atoms with van der Waals surface area (Å²) >= 11 is 0. The number of hydrogen-bond acceptors (Lipinski definition) is 4. The van der Waals surface area contributed by atoms with Gasteiger partial charge in [0, 0.05) is 43.2 Å². The molecule has 0 bridgehead atoms. The van der Waals surface area contributed by atoms with Crippen molar-refractivity contribution in [3.63, 3.8) is 0 Å². The summed E-state index contributed by atoms with van der Waals surface area (Å²) < 4.78 is 0. The molecule has 6 heteroatoms. The minimum Gasteiger partial charge on any atom is -0.368 e. The minimum atomic E-state index is -0.153. The number of nitrogens with one attached hydrogen (secondary N) is 2. The Morgan fingerprint density at radius 2 is 1.56 bits per heavy atom. The molecule has 2 amide bonds. The molecule has 1 aliphatic rings. The van der Waals surface area contributed by atoms with Crippen LogP contribution in [-0.4, -0.2) is 38.5 Å². The van der Waals surface area contributed by atoms with Gasteiger partial charge in [0.05, 0.1) is 11.6 Å². The lowest BCUT2D eigenvalue weighted by atomic mass is 10.1. The van der Waals surface area contributed by atoms with E-state index in [1.165, 1.54) is 11.3 Å². The number of hydrogen-bond donors (Lipinski definition) is 2. The molecule has 1 unspecified atom stereocenters. The first-order chi connectivity index (χ1) is 16.6. The summed E-state index contributed by atoms with van der Waals surface area (Å²) in [6, 6.07) is 23.9. The number of para-hydroxylation sites is 1. The highest BCUT2D eigenvalue weighted by atomic mass is 16.1. The normalized spacial score (nSPS) is 14.4. The molecule has 0 aliphatic carbocycles. The summed E-state index contributed by atoms with van der Waals surface area (Å²) in [6.07, 6.45) is 1.64. The smallest absolute Gasteiger partial charge is 0.253 e. The summed E-state index contributed by atoms with van der Waals surface area (Å²) in [5.74, 6) is -0.153. The quantitative estimate of drug-likeness (QED) is 0.485. The van der Waals surface area contributed by atoms with E-state index in [4.69, 9.17) is 0 Å². The number of aryl methyl sites for hydroxylation is 1. The van der Waals surface area contributed by atoms with Gasteiger partial charge in [0.2, 0.25) is 6.41 Å². The van der Waals surface area contributed by atoms with Crippen LogP contribution in [0.1, 0.15) is 41.4 Å². The first-order valence-electron chi connectivity index (χ1n) is 11.9. The molecule has 0 radical (unpaired) electrons. The molecular formula is C28H32N4O2. The van der Waals surface area contributed by atoms with Crippen LogP contribution in [0.2, 0.25) is 0 Å². The van der Waals surface area contributed by atoms with Gasteiger partial charge in [-0.05, 0) is 48.7 Å². The Hall–Kier alpha value is -3.80. The van der Waals surface area contributed by atoms with E-state index in [9.17, 15) is 9.59 Å². The lowest BCUT2D eigenvalue weighted by Crippen LogP contribution is -2.47. The third-order valence-electron chi connectivity index (χ3n) is 6.45. The van der Waals surface area contributed by atoms with Gasteiger partial charge in [0.1, 0.15) is 0 Å². The van der Waals surface area contributed by atoms with Crippen LogP contribution in [0.4, 0.5) is 17.1 Å². The summed E-state index contributed by atoms with van der Waals surface area (Å²) in [4.78, 5) is 29.0. The van der Waals surface area contributed by atoms with Gasteiger partial charge in [0.15, 0.2) is 0 Å². The summed E-state index contributed by atoms with van der Waals surface area (Å²) in [5, 5.41) is 5.79. The molecule has 1 fully saturated rings. The Morgan fingerprint density at radius 3 is 2.24 bits per heavy atom. The molecule has 4 rings (SSSR count). The van der Waals surface area contributed by atoms with Crippen molar-refractivity contribution in [3.05, 3.63) is 89.5 Å². The summed E-state index contributed by atoms with van der Waals surface area (Å²) in [6.45, 7) is 7.55. The predicted octanol–water partition coefficient (Wildman–Crippen LogP) is 4.63. The molecule has 1 heterocycles. The highest BCUT2D eigenvalue weighted by molar-refractivity contribution is 6.01. The molecule has 34 heavy (non-hydrogen) atoms. The van der Waals surface area contributed by atoms with Gasteiger partial charge in [-0.1, -0.05) is 55.5 Å². The van der Waals surface area contributed by atoms with Gasteiger partial charge < -0.3 is 20.4 Å². The maximum absolute atomic E-state index is 13.4. The van der Waals surface area contributed by atoms with Crippen LogP contribution >= 0.6 is 0 Å². The van der Waals surface area contributed by atoms with Crippen LogP contribution in [0.15, 0.2) is 72.8 Å². The van der Waals surface area contributed by atoms with Crippen LogP contribution in [-0.2, 0) is 11.2 Å². The molecule has 2 N–H and O–H groups in total. The van der Waals surface area contributed by atoms with E-state index in [1.807, 2.05) is 49.4 Å². The van der Waals surface area contributed by atoms with E-state index in [2.05, 4.69) is 51.6 Å². The van der Waals surface area contributed by atoms with E-state index in [1.54, 1.807) is 6.07 Å². The van der Waals surface area contributed by atoms with Gasteiger partial charge in [-0.2, -0.15) is 0 Å². The van der Waals surface area contributed by atoms with Crippen LogP contribution in [0, 0.1) is 0 Å². The number of nitrogens with zero attached hydrogens (tertiary/aromatic N) is 2. The van der Waals surface area contributed by atoms with E-state index >= 15 is 0 Å². The maximum atomic E-state index is 13.4. The monoisotopic (exact) mass is 456 g/mol. The minimum absolute atomic E-state index is 0.133. The van der Waals surface area contributed by atoms with E-state index < -0.39 is 0 Å². The SMILES string of the molecule is CCc1ccccc1N1CCN(c2ccc(NC=O)cc2C(=O)NC(C)c2ccccc2)CC1. The van der Waals surface area contributed by atoms with Crippen LogP contribution in [0.3, 0.4) is 0 Å². The summed E-state index contributed by atoms with van der Waals surface area (Å²) in [7, 11) is 0. The van der Waals surface area contributed by atoms with Crippen molar-refractivity contribution in [2.75, 3.05) is 41.3 Å². The Balaban J connectivity index is 1.53. The average molecular weight is 457 g/mol. The zero-order valence-electron chi connectivity index (χ0n) is 19.8. The lowest BCUT2D eigenvalue weighted by Gasteiger charge is -2.39. The molecule has 1 atom stereocenters. The van der Waals surface area contributed by atoms with Crippen LogP contribution in [0.5, 0.6) is 0 Å². The van der Waals surface area contributed by atoms with Crippen molar-refractivity contribution in [1.82, 2.24) is 5.32 Å². The van der Waals surface area contributed by atoms with E-state index in [0.717, 1.165) is 43.9 Å². The summed E-state index contributed by atoms with van der Waals surface area (Å²) in [5.41, 5.74) is 5.75. The molecular weight excluding hydrogens is 424 g/mol. The number of carbonyl (C=O) groups excluding carboxylic acids is 2. The molecule has 1 saturated heterocycles. The van der Waals surface area contributed by atoms with Crippen molar-refractivity contribution >= 4 is 29.4 Å². The second-order valence-corrected chi connectivity index (χ2v) is 8.56. The number of rotatable bonds is 8. The third-order valence-corrected chi connectivity index (χ3v) is 6.45. The average Bonchev–Trinajstić information content (AvgIpc) is 2.89. The lowest BCUT2D eigenvalue weighted by molar-refractivity contribution is -0.105. The zero-order valence-corrected chi connectivity index (χ0v) is 19.8. The number of carbonyl (C=O) groups is 2. The topological polar surface area (TPSA) is 64.7 Å². The molecule has 3 aromatic rings. The van der Waals surface area contributed by atoms with Gasteiger partial charge in [-0.3, -0.25) is 9.59 Å². The standard InChI is InChI=1S/C28H32N4O2/c1-3-22-9-7-8-12-26(22)31-15-17-32(18-16-31)27-14-13-24(29-20-33)19-25(27)28(34)30-21(2)23-10-5-4-6-11-23/h4-14,19-21H,3,15-18H2,1-2H3,(H,29,33)(H,30,34). The molecule has 0 spiro atoms. The molecule has 176 valence electrons. The van der Waals surface area contributed by atoms with Crippen molar-refractivity contribution in [3.8, 4) is 0 Å². The number of piperazine rings is 1. The van der Waals surface area contributed by atoms with Crippen molar-refractivity contribution < 1.29 is 9.59 Å². The molecule has 1 aliphatic heterocycles. The van der Waals surface area contributed by atoms with Crippen molar-refractivity contribution in [2.24, 2.45) is 0 Å². The third kappa shape index (κ3) is 5.22. The Kier molecular flexibility index (Phi) is 7.48. The predicted molar refractivity (Wildman–Crippen MR) is 139 cm³/mol. The number of benzene rings is 3. The molecule has 6 nitrogen and oxygen atoms in total. The molecule has 3 aromatic carbocycles. The van der Waals surface area contributed by atoms with Gasteiger partial charge in [-0.25, -0.2) is 0 Å². The van der Waals surface area contributed by atoms with Crippen LogP contribution in [0.25, 0.3) is 0 Å². The van der Waals surface area contributed by atoms with E-state index in [0.29, 0.717) is 17.7 Å². The maximum Gasteiger partial charge on any atom is 0.253 e. The van der Waals surface area contributed by atoms with Gasteiger partial charge in [0.25, 0.3) is 5.91 Å². The first kappa shape index (κ1) is 23.4. The van der Waals surface area contributed by atoms with Crippen molar-refractivity contribution in [1.29, 1.82) is 0 Å². The van der Waals surface area contributed by atoms with Gasteiger partial charge in [-0.15, -0.1) is 0 Å². The first-order valence-corrected chi connectivity index (χ1v) is 11.9. The molecule has 0 aromatic heterocycles. The Labute approximate surface area is 201 Å².